The maximum absolute atomic E-state index is 13.0. The van der Waals surface area contributed by atoms with Crippen molar-refractivity contribution in [1.82, 2.24) is 4.90 Å². The number of halogens is 2. The maximum Gasteiger partial charge on any atom is 0.170 e. The van der Waals surface area contributed by atoms with Gasteiger partial charge in [-0.25, -0.2) is 4.39 Å². The highest BCUT2D eigenvalue weighted by Gasteiger charge is 2.42. The van der Waals surface area contributed by atoms with Gasteiger partial charge < -0.3 is 4.74 Å². The number of carbonyl (C=O) groups is 1. The molecule has 0 aromatic heterocycles. The van der Waals surface area contributed by atoms with Crippen LogP contribution in [0, 0.1) is 5.82 Å². The Bertz CT molecular complexity index is 798. The number of rotatable bonds is 2. The van der Waals surface area contributed by atoms with Gasteiger partial charge in [0.15, 0.2) is 5.78 Å². The number of benzene rings is 2. The van der Waals surface area contributed by atoms with Crippen LogP contribution in [0.5, 0.6) is 5.75 Å². The lowest BCUT2D eigenvalue weighted by atomic mass is 9.82. The molecule has 2 aliphatic heterocycles. The number of hydrogen-bond donors (Lipinski definition) is 0. The third-order valence-corrected chi connectivity index (χ3v) is 5.63. The van der Waals surface area contributed by atoms with E-state index in [1.807, 2.05) is 30.3 Å². The van der Waals surface area contributed by atoms with Crippen LogP contribution in [0.25, 0.3) is 0 Å². The number of nitrogens with zero attached hydrogens (tertiary/aromatic N) is 1. The van der Waals surface area contributed by atoms with Crippen molar-refractivity contribution >= 4 is 21.7 Å². The zero-order valence-electron chi connectivity index (χ0n) is 13.8. The number of fused-ring (bicyclic) bond motifs is 1. The summed E-state index contributed by atoms with van der Waals surface area (Å²) in [4.78, 5) is 14.9. The van der Waals surface area contributed by atoms with Crippen LogP contribution in [0.2, 0.25) is 0 Å². The lowest BCUT2D eigenvalue weighted by Crippen LogP contribution is -2.50. The molecule has 0 saturated carbocycles. The summed E-state index contributed by atoms with van der Waals surface area (Å²) in [6.07, 6.45) is 2.10. The van der Waals surface area contributed by atoms with E-state index in [1.54, 1.807) is 0 Å². The number of ketones is 1. The van der Waals surface area contributed by atoms with E-state index < -0.39 is 0 Å². The molecule has 1 spiro atoms. The van der Waals surface area contributed by atoms with Gasteiger partial charge in [0.1, 0.15) is 17.2 Å². The van der Waals surface area contributed by atoms with Crippen LogP contribution < -0.4 is 4.74 Å². The van der Waals surface area contributed by atoms with Gasteiger partial charge in [-0.1, -0.05) is 28.1 Å². The molecule has 1 fully saturated rings. The van der Waals surface area contributed by atoms with E-state index in [0.717, 1.165) is 42.5 Å². The minimum Gasteiger partial charge on any atom is -0.486 e. The Morgan fingerprint density at radius 1 is 1.12 bits per heavy atom. The Morgan fingerprint density at radius 2 is 1.84 bits per heavy atom. The van der Waals surface area contributed by atoms with E-state index in [2.05, 4.69) is 20.8 Å². The molecule has 130 valence electrons. The highest BCUT2D eigenvalue weighted by Crippen LogP contribution is 2.40. The highest BCUT2D eigenvalue weighted by atomic mass is 79.9. The molecule has 0 bridgehead atoms. The van der Waals surface area contributed by atoms with Crippen LogP contribution in [0.4, 0.5) is 4.39 Å². The Morgan fingerprint density at radius 3 is 2.56 bits per heavy atom. The second kappa shape index (κ2) is 6.54. The summed E-state index contributed by atoms with van der Waals surface area (Å²) >= 11 is 3.41. The molecule has 1 saturated heterocycles. The summed E-state index contributed by atoms with van der Waals surface area (Å²) in [7, 11) is 0. The molecular weight excluding hydrogens is 385 g/mol. The fourth-order valence-electron chi connectivity index (χ4n) is 3.71. The van der Waals surface area contributed by atoms with Crippen molar-refractivity contribution in [1.29, 1.82) is 0 Å². The molecule has 2 aromatic carbocycles. The number of likely N-dealkylation sites (tertiary alicyclic amines) is 1. The molecule has 0 N–H and O–H groups in total. The monoisotopic (exact) mass is 403 g/mol. The van der Waals surface area contributed by atoms with Gasteiger partial charge in [0.2, 0.25) is 0 Å². The smallest absolute Gasteiger partial charge is 0.170 e. The van der Waals surface area contributed by atoms with Gasteiger partial charge in [0.25, 0.3) is 0 Å². The van der Waals surface area contributed by atoms with Crippen LogP contribution in [0.1, 0.15) is 35.2 Å². The zero-order valence-corrected chi connectivity index (χ0v) is 15.4. The molecule has 3 nitrogen and oxygen atoms in total. The average Bonchev–Trinajstić information content (AvgIpc) is 2.60. The summed E-state index contributed by atoms with van der Waals surface area (Å²) in [6.45, 7) is 2.54. The van der Waals surface area contributed by atoms with Crippen LogP contribution in [-0.4, -0.2) is 29.4 Å². The van der Waals surface area contributed by atoms with E-state index >= 15 is 0 Å². The second-order valence-electron chi connectivity index (χ2n) is 6.93. The van der Waals surface area contributed by atoms with Crippen molar-refractivity contribution in [2.24, 2.45) is 0 Å². The topological polar surface area (TPSA) is 29.5 Å². The summed E-state index contributed by atoms with van der Waals surface area (Å²) in [5, 5.41) is 0. The van der Waals surface area contributed by atoms with Gasteiger partial charge in [-0.05, 0) is 35.9 Å². The van der Waals surface area contributed by atoms with Crippen molar-refractivity contribution < 1.29 is 13.9 Å². The van der Waals surface area contributed by atoms with Crippen molar-refractivity contribution in [2.75, 3.05) is 13.1 Å². The number of piperidine rings is 1. The summed E-state index contributed by atoms with van der Waals surface area (Å²) in [5.41, 5.74) is 1.40. The van der Waals surface area contributed by atoms with Crippen molar-refractivity contribution in [3.63, 3.8) is 0 Å². The summed E-state index contributed by atoms with van der Waals surface area (Å²) in [6, 6.07) is 12.3. The van der Waals surface area contributed by atoms with Crippen LogP contribution in [-0.2, 0) is 6.54 Å². The van der Waals surface area contributed by atoms with Gasteiger partial charge in [0, 0.05) is 36.9 Å². The molecule has 5 heteroatoms. The van der Waals surface area contributed by atoms with Gasteiger partial charge in [-0.2, -0.15) is 0 Å². The third-order valence-electron chi connectivity index (χ3n) is 5.14. The first-order valence-corrected chi connectivity index (χ1v) is 9.31. The molecule has 2 heterocycles. The number of carbonyl (C=O) groups excluding carboxylic acids is 1. The minimum atomic E-state index is -0.378. The maximum atomic E-state index is 13.0. The van der Waals surface area contributed by atoms with Gasteiger partial charge in [0.05, 0.1) is 12.0 Å². The molecular formula is C20H19BrFNO2. The van der Waals surface area contributed by atoms with E-state index in [9.17, 15) is 9.18 Å². The summed E-state index contributed by atoms with van der Waals surface area (Å²) in [5.74, 6) is 0.654. The number of hydrogen-bond acceptors (Lipinski definition) is 3. The zero-order chi connectivity index (χ0) is 17.4. The van der Waals surface area contributed by atoms with Gasteiger partial charge >= 0.3 is 0 Å². The molecule has 0 radical (unpaired) electrons. The lowest BCUT2D eigenvalue weighted by Gasteiger charge is -2.44. The molecule has 4 rings (SSSR count). The lowest BCUT2D eigenvalue weighted by molar-refractivity contribution is -0.0107. The first-order chi connectivity index (χ1) is 12.0. The molecule has 0 unspecified atom stereocenters. The fraction of sp³-hybridized carbons (Fsp3) is 0.350. The van der Waals surface area contributed by atoms with E-state index in [1.165, 1.54) is 12.1 Å². The second-order valence-corrected chi connectivity index (χ2v) is 7.84. The van der Waals surface area contributed by atoms with Crippen LogP contribution >= 0.6 is 15.9 Å². The molecule has 2 aliphatic rings. The normalized spacial score (nSPS) is 19.5. The van der Waals surface area contributed by atoms with Crippen molar-refractivity contribution in [3.8, 4) is 5.75 Å². The standard InChI is InChI=1S/C20H19BrFNO2/c21-15-3-6-19-17(11-15)18(24)12-20(25-19)7-9-23(10-8-20)13-14-1-4-16(22)5-2-14/h1-6,11H,7-10,12-13H2. The van der Waals surface area contributed by atoms with Crippen LogP contribution in [0.3, 0.4) is 0 Å². The fourth-order valence-corrected chi connectivity index (χ4v) is 4.07. The Balaban J connectivity index is 1.43. The third kappa shape index (κ3) is 3.48. The van der Waals surface area contributed by atoms with E-state index in [4.69, 9.17) is 4.74 Å². The number of Topliss-reactive ketones (excluding diaryl/α,β-unsaturated/α-hetero) is 1. The van der Waals surface area contributed by atoms with E-state index in [0.29, 0.717) is 17.7 Å². The average molecular weight is 404 g/mol. The molecule has 0 aliphatic carbocycles. The van der Waals surface area contributed by atoms with Gasteiger partial charge in [-0.3, -0.25) is 9.69 Å². The first kappa shape index (κ1) is 16.7. The predicted octanol–water partition coefficient (Wildman–Crippen LogP) is 4.59. The van der Waals surface area contributed by atoms with Gasteiger partial charge in [-0.15, -0.1) is 0 Å². The van der Waals surface area contributed by atoms with Crippen molar-refractivity contribution in [2.45, 2.75) is 31.4 Å². The van der Waals surface area contributed by atoms with Crippen molar-refractivity contribution in [3.05, 3.63) is 63.9 Å². The first-order valence-electron chi connectivity index (χ1n) is 8.52. The van der Waals surface area contributed by atoms with Crippen LogP contribution in [0.15, 0.2) is 46.9 Å². The summed E-state index contributed by atoms with van der Waals surface area (Å²) < 4.78 is 20.2. The highest BCUT2D eigenvalue weighted by molar-refractivity contribution is 9.10. The predicted molar refractivity (Wildman–Crippen MR) is 97.4 cm³/mol. The SMILES string of the molecule is O=C1CC2(CCN(Cc3ccc(F)cc3)CC2)Oc2ccc(Br)cc21. The molecule has 25 heavy (non-hydrogen) atoms. The van der Waals surface area contributed by atoms with E-state index in [-0.39, 0.29) is 17.2 Å². The Hall–Kier alpha value is -1.72. The largest absolute Gasteiger partial charge is 0.486 e. The quantitative estimate of drug-likeness (QED) is 0.734. The molecule has 2 aromatic rings. The number of ether oxygens (including phenoxy) is 1. The molecule has 0 atom stereocenters. The minimum absolute atomic E-state index is 0.162. The molecule has 0 amide bonds. The Labute approximate surface area is 154 Å². The Kier molecular flexibility index (Phi) is 4.38.